The zero-order valence-electron chi connectivity index (χ0n) is 15.9. The number of esters is 1. The molecule has 0 saturated heterocycles. The van der Waals surface area contributed by atoms with E-state index in [0.29, 0.717) is 5.92 Å². The molecule has 0 unspecified atom stereocenters. The van der Waals surface area contributed by atoms with Gasteiger partial charge in [0.15, 0.2) is 0 Å². The minimum atomic E-state index is 0.0362. The molecule has 0 bridgehead atoms. The monoisotopic (exact) mass is 345 g/mol. The first-order chi connectivity index (χ1) is 12.2. The molecule has 0 N–H and O–H groups in total. The Morgan fingerprint density at radius 1 is 1.04 bits per heavy atom. The van der Waals surface area contributed by atoms with Crippen LogP contribution < -0.4 is 0 Å². The first-order valence-corrected chi connectivity index (χ1v) is 10.5. The number of ether oxygens (including phenoxy) is 1. The van der Waals surface area contributed by atoms with Crippen molar-refractivity contribution in [3.63, 3.8) is 0 Å². The molecule has 0 aliphatic heterocycles. The van der Waals surface area contributed by atoms with Crippen molar-refractivity contribution < 1.29 is 9.53 Å². The Kier molecular flexibility index (Phi) is 9.08. The highest BCUT2D eigenvalue weighted by Gasteiger charge is 2.30. The molecule has 0 spiro atoms. The predicted octanol–water partition coefficient (Wildman–Crippen LogP) is 5.94. The second kappa shape index (κ2) is 11.3. The maximum atomic E-state index is 12.4. The summed E-state index contributed by atoms with van der Waals surface area (Å²) in [5.74, 6) is 1.44. The summed E-state index contributed by atoms with van der Waals surface area (Å²) in [6.45, 7) is 2.26. The number of carbonyl (C=O) groups excluding carboxylic acids is 1. The van der Waals surface area contributed by atoms with Gasteiger partial charge in [-0.15, -0.1) is 0 Å². The van der Waals surface area contributed by atoms with Crippen molar-refractivity contribution in [2.75, 3.05) is 0 Å². The van der Waals surface area contributed by atoms with Crippen LogP contribution in [0.15, 0.2) is 12.2 Å². The Balaban J connectivity index is 1.61. The standard InChI is InChI=1S/C22H35NO2/c1-2-3-4-5-7-18-11-15-21(16-12-18)25-22(24)20-13-9-19(10-14-20)8-6-17-23/h6,8,18-21H,2-5,7,9-16H2,1H3/b8-6+. The van der Waals surface area contributed by atoms with Gasteiger partial charge >= 0.3 is 5.97 Å². The Hall–Kier alpha value is -1.30. The first kappa shape index (κ1) is 20.0. The molecule has 0 aromatic heterocycles. The van der Waals surface area contributed by atoms with E-state index in [4.69, 9.17) is 10.00 Å². The van der Waals surface area contributed by atoms with Crippen LogP contribution in [0.5, 0.6) is 0 Å². The van der Waals surface area contributed by atoms with Gasteiger partial charge in [0, 0.05) is 6.08 Å². The summed E-state index contributed by atoms with van der Waals surface area (Å²) in [5.41, 5.74) is 0. The number of rotatable bonds is 8. The molecule has 140 valence electrons. The lowest BCUT2D eigenvalue weighted by Gasteiger charge is -2.31. The second-order valence-electron chi connectivity index (χ2n) is 8.03. The van der Waals surface area contributed by atoms with E-state index in [1.165, 1.54) is 44.9 Å². The van der Waals surface area contributed by atoms with Crippen molar-refractivity contribution in [3.05, 3.63) is 12.2 Å². The molecule has 0 atom stereocenters. The maximum Gasteiger partial charge on any atom is 0.309 e. The quantitative estimate of drug-likeness (QED) is 0.310. The minimum absolute atomic E-state index is 0.0362. The number of hydrogen-bond donors (Lipinski definition) is 0. The third-order valence-corrected chi connectivity index (χ3v) is 6.09. The lowest BCUT2D eigenvalue weighted by molar-refractivity contribution is -0.157. The molecule has 2 rings (SSSR count). The molecular weight excluding hydrogens is 310 g/mol. The molecule has 0 amide bonds. The van der Waals surface area contributed by atoms with Crippen LogP contribution in [0, 0.1) is 29.1 Å². The lowest BCUT2D eigenvalue weighted by Crippen LogP contribution is -2.30. The summed E-state index contributed by atoms with van der Waals surface area (Å²) in [6, 6.07) is 2.05. The van der Waals surface area contributed by atoms with Crippen molar-refractivity contribution in [3.8, 4) is 6.07 Å². The molecule has 2 fully saturated rings. The minimum Gasteiger partial charge on any atom is -0.462 e. The van der Waals surface area contributed by atoms with Gasteiger partial charge in [0.25, 0.3) is 0 Å². The van der Waals surface area contributed by atoms with E-state index in [0.717, 1.165) is 44.4 Å². The van der Waals surface area contributed by atoms with Gasteiger partial charge in [-0.1, -0.05) is 45.1 Å². The number of nitriles is 1. The van der Waals surface area contributed by atoms with Crippen LogP contribution in [-0.4, -0.2) is 12.1 Å². The predicted molar refractivity (Wildman–Crippen MR) is 101 cm³/mol. The van der Waals surface area contributed by atoms with E-state index in [1.54, 1.807) is 6.08 Å². The summed E-state index contributed by atoms with van der Waals surface area (Å²) >= 11 is 0. The van der Waals surface area contributed by atoms with Crippen LogP contribution in [0.1, 0.15) is 90.4 Å². The lowest BCUT2D eigenvalue weighted by atomic mass is 9.81. The highest BCUT2D eigenvalue weighted by atomic mass is 16.5. The number of unbranched alkanes of at least 4 members (excludes halogenated alkanes) is 3. The number of allylic oxidation sites excluding steroid dienone is 2. The van der Waals surface area contributed by atoms with Crippen molar-refractivity contribution in [2.24, 2.45) is 17.8 Å². The molecule has 0 heterocycles. The molecule has 2 saturated carbocycles. The fourth-order valence-electron chi connectivity index (χ4n) is 4.39. The van der Waals surface area contributed by atoms with Gasteiger partial charge in [0.1, 0.15) is 6.10 Å². The Labute approximate surface area is 153 Å². The molecule has 0 aromatic carbocycles. The highest BCUT2D eigenvalue weighted by Crippen LogP contribution is 2.33. The van der Waals surface area contributed by atoms with Crippen LogP contribution >= 0.6 is 0 Å². The number of nitrogens with zero attached hydrogens (tertiary/aromatic N) is 1. The molecule has 2 aliphatic rings. The van der Waals surface area contributed by atoms with Gasteiger partial charge in [0.05, 0.1) is 12.0 Å². The largest absolute Gasteiger partial charge is 0.462 e. The van der Waals surface area contributed by atoms with E-state index in [9.17, 15) is 4.79 Å². The van der Waals surface area contributed by atoms with E-state index in [2.05, 4.69) is 13.0 Å². The van der Waals surface area contributed by atoms with E-state index in [-0.39, 0.29) is 18.0 Å². The molecule has 2 aliphatic carbocycles. The van der Waals surface area contributed by atoms with Crippen LogP contribution in [0.4, 0.5) is 0 Å². The molecular formula is C22H35NO2. The average Bonchev–Trinajstić information content (AvgIpc) is 2.65. The van der Waals surface area contributed by atoms with Crippen molar-refractivity contribution in [2.45, 2.75) is 96.5 Å². The molecule has 25 heavy (non-hydrogen) atoms. The van der Waals surface area contributed by atoms with E-state index < -0.39 is 0 Å². The average molecular weight is 346 g/mol. The Bertz CT molecular complexity index is 449. The molecule has 3 nitrogen and oxygen atoms in total. The fourth-order valence-corrected chi connectivity index (χ4v) is 4.39. The van der Waals surface area contributed by atoms with Gasteiger partial charge in [-0.2, -0.15) is 5.26 Å². The SMILES string of the molecule is CCCCCCC1CCC(OC(=O)C2CCC(/C=C/C#N)CC2)CC1. The van der Waals surface area contributed by atoms with Gasteiger partial charge < -0.3 is 4.74 Å². The van der Waals surface area contributed by atoms with Gasteiger partial charge in [-0.05, 0) is 63.2 Å². The molecule has 3 heteroatoms. The zero-order chi connectivity index (χ0) is 17.9. The molecule has 0 radical (unpaired) electrons. The first-order valence-electron chi connectivity index (χ1n) is 10.5. The number of carbonyl (C=O) groups is 1. The van der Waals surface area contributed by atoms with E-state index >= 15 is 0 Å². The van der Waals surface area contributed by atoms with Gasteiger partial charge in [0.2, 0.25) is 0 Å². The van der Waals surface area contributed by atoms with E-state index in [1.807, 2.05) is 6.08 Å². The summed E-state index contributed by atoms with van der Waals surface area (Å²) in [4.78, 5) is 12.4. The fraction of sp³-hybridized carbons (Fsp3) is 0.818. The molecule has 0 aromatic rings. The van der Waals surface area contributed by atoms with Crippen LogP contribution in [-0.2, 0) is 9.53 Å². The van der Waals surface area contributed by atoms with Crippen molar-refractivity contribution >= 4 is 5.97 Å². The third-order valence-electron chi connectivity index (χ3n) is 6.09. The van der Waals surface area contributed by atoms with Crippen LogP contribution in [0.3, 0.4) is 0 Å². The summed E-state index contributed by atoms with van der Waals surface area (Å²) in [6.07, 6.45) is 18.9. The second-order valence-corrected chi connectivity index (χ2v) is 8.03. The van der Waals surface area contributed by atoms with Crippen LogP contribution in [0.2, 0.25) is 0 Å². The number of hydrogen-bond acceptors (Lipinski definition) is 3. The maximum absolute atomic E-state index is 12.4. The van der Waals surface area contributed by atoms with Gasteiger partial charge in [-0.25, -0.2) is 0 Å². The highest BCUT2D eigenvalue weighted by molar-refractivity contribution is 5.72. The van der Waals surface area contributed by atoms with Crippen molar-refractivity contribution in [1.82, 2.24) is 0 Å². The van der Waals surface area contributed by atoms with Crippen LogP contribution in [0.25, 0.3) is 0 Å². The summed E-state index contributed by atoms with van der Waals surface area (Å²) < 4.78 is 5.83. The van der Waals surface area contributed by atoms with Crippen molar-refractivity contribution in [1.29, 1.82) is 5.26 Å². The summed E-state index contributed by atoms with van der Waals surface area (Å²) in [7, 11) is 0. The smallest absolute Gasteiger partial charge is 0.309 e. The third kappa shape index (κ3) is 7.22. The summed E-state index contributed by atoms with van der Waals surface area (Å²) in [5, 5.41) is 8.60. The topological polar surface area (TPSA) is 50.1 Å². The normalized spacial score (nSPS) is 30.1. The zero-order valence-corrected chi connectivity index (χ0v) is 15.9. The van der Waals surface area contributed by atoms with Gasteiger partial charge in [-0.3, -0.25) is 4.79 Å². The Morgan fingerprint density at radius 3 is 2.40 bits per heavy atom. The Morgan fingerprint density at radius 2 is 1.76 bits per heavy atom.